The zero-order valence-electron chi connectivity index (χ0n) is 19.5. The maximum Gasteiger partial charge on any atom is 0.251 e. The number of hydrogen-bond acceptors (Lipinski definition) is 4. The van der Waals surface area contributed by atoms with Crippen molar-refractivity contribution in [3.63, 3.8) is 0 Å². The van der Waals surface area contributed by atoms with Crippen LogP contribution >= 0.6 is 0 Å². The Bertz CT molecular complexity index is 1130. The average molecular weight is 445 g/mol. The Balaban J connectivity index is 1.31. The molecule has 2 aliphatic rings. The third kappa shape index (κ3) is 4.44. The van der Waals surface area contributed by atoms with E-state index in [2.05, 4.69) is 63.4 Å². The van der Waals surface area contributed by atoms with Gasteiger partial charge in [0.15, 0.2) is 0 Å². The van der Waals surface area contributed by atoms with Crippen molar-refractivity contribution < 1.29 is 9.53 Å². The molecule has 2 aromatic carbocycles. The number of hydrogen-bond donors (Lipinski definition) is 1. The van der Waals surface area contributed by atoms with Gasteiger partial charge in [-0.05, 0) is 56.4 Å². The Morgan fingerprint density at radius 2 is 1.91 bits per heavy atom. The van der Waals surface area contributed by atoms with Crippen molar-refractivity contribution in [3.05, 3.63) is 82.4 Å². The van der Waals surface area contributed by atoms with Crippen molar-refractivity contribution in [1.82, 2.24) is 20.1 Å². The van der Waals surface area contributed by atoms with Crippen LogP contribution in [0.2, 0.25) is 0 Å². The molecule has 1 aromatic heterocycles. The molecule has 0 spiro atoms. The van der Waals surface area contributed by atoms with Crippen LogP contribution in [0, 0.1) is 13.8 Å². The lowest BCUT2D eigenvalue weighted by Gasteiger charge is -2.38. The first-order chi connectivity index (χ1) is 16.0. The number of aromatic nitrogens is 3. The SMILES string of the molecule is Cc1ccc(C2(CNC(=O)c3cccc(C4CCc5nnc(C)n5C4)c3)CCOCC2)cc1. The van der Waals surface area contributed by atoms with Gasteiger partial charge in [0, 0.05) is 49.6 Å². The van der Waals surface area contributed by atoms with Gasteiger partial charge in [0.25, 0.3) is 5.91 Å². The minimum Gasteiger partial charge on any atom is -0.381 e. The fourth-order valence-electron chi connectivity index (χ4n) is 5.26. The van der Waals surface area contributed by atoms with Gasteiger partial charge in [-0.2, -0.15) is 0 Å². The molecular formula is C27H32N4O2. The third-order valence-corrected chi connectivity index (χ3v) is 7.45. The minimum absolute atomic E-state index is 0.00759. The van der Waals surface area contributed by atoms with Crippen molar-refractivity contribution in [1.29, 1.82) is 0 Å². The summed E-state index contributed by atoms with van der Waals surface area (Å²) in [4.78, 5) is 13.2. The van der Waals surface area contributed by atoms with Crippen LogP contribution in [0.15, 0.2) is 48.5 Å². The summed E-state index contributed by atoms with van der Waals surface area (Å²) in [7, 11) is 0. The standard InChI is InChI=1S/C27H32N4O2/c1-19-6-9-24(10-7-19)27(12-14-33-15-13-27)18-28-26(32)22-5-3-4-21(16-22)23-8-11-25-30-29-20(2)31(25)17-23/h3-7,9-10,16,23H,8,11-15,17-18H2,1-2H3,(H,28,32). The molecule has 6 heteroatoms. The summed E-state index contributed by atoms with van der Waals surface area (Å²) in [5.74, 6) is 2.39. The van der Waals surface area contributed by atoms with E-state index in [0.717, 1.165) is 62.7 Å². The summed E-state index contributed by atoms with van der Waals surface area (Å²) in [5, 5.41) is 11.7. The summed E-state index contributed by atoms with van der Waals surface area (Å²) in [6.45, 7) is 7.05. The molecule has 0 radical (unpaired) electrons. The van der Waals surface area contributed by atoms with Crippen LogP contribution in [0.3, 0.4) is 0 Å². The molecule has 1 N–H and O–H groups in total. The van der Waals surface area contributed by atoms with Crippen molar-refractivity contribution >= 4 is 5.91 Å². The molecule has 1 atom stereocenters. The van der Waals surface area contributed by atoms with E-state index in [-0.39, 0.29) is 11.3 Å². The van der Waals surface area contributed by atoms with Crippen molar-refractivity contribution in [3.8, 4) is 0 Å². The zero-order chi connectivity index (χ0) is 22.8. The average Bonchev–Trinajstić information content (AvgIpc) is 3.23. The minimum atomic E-state index is -0.0784. The molecule has 0 bridgehead atoms. The van der Waals surface area contributed by atoms with E-state index in [0.29, 0.717) is 12.5 Å². The molecule has 1 amide bonds. The Morgan fingerprint density at radius 1 is 1.12 bits per heavy atom. The Morgan fingerprint density at radius 3 is 2.70 bits per heavy atom. The lowest BCUT2D eigenvalue weighted by Crippen LogP contribution is -2.44. The van der Waals surface area contributed by atoms with Gasteiger partial charge in [-0.1, -0.05) is 42.0 Å². The topological polar surface area (TPSA) is 69.0 Å². The number of amides is 1. The van der Waals surface area contributed by atoms with Gasteiger partial charge in [-0.3, -0.25) is 4.79 Å². The number of aryl methyl sites for hydroxylation is 3. The molecule has 3 aromatic rings. The van der Waals surface area contributed by atoms with Gasteiger partial charge in [-0.15, -0.1) is 10.2 Å². The first-order valence-electron chi connectivity index (χ1n) is 12.0. The third-order valence-electron chi connectivity index (χ3n) is 7.45. The predicted molar refractivity (Wildman–Crippen MR) is 128 cm³/mol. The number of ether oxygens (including phenoxy) is 1. The fourth-order valence-corrected chi connectivity index (χ4v) is 5.26. The number of rotatable bonds is 5. The van der Waals surface area contributed by atoms with Gasteiger partial charge in [-0.25, -0.2) is 0 Å². The monoisotopic (exact) mass is 444 g/mol. The van der Waals surface area contributed by atoms with Crippen LogP contribution in [-0.4, -0.2) is 40.4 Å². The second-order valence-electron chi connectivity index (χ2n) is 9.58. The van der Waals surface area contributed by atoms with Crippen LogP contribution in [0.5, 0.6) is 0 Å². The van der Waals surface area contributed by atoms with E-state index < -0.39 is 0 Å². The van der Waals surface area contributed by atoms with Crippen molar-refractivity contribution in [2.75, 3.05) is 19.8 Å². The number of fused-ring (bicyclic) bond motifs is 1. The number of carbonyl (C=O) groups is 1. The van der Waals surface area contributed by atoms with E-state index in [1.165, 1.54) is 16.7 Å². The maximum atomic E-state index is 13.2. The van der Waals surface area contributed by atoms with Gasteiger partial charge in [0.1, 0.15) is 11.6 Å². The number of nitrogens with one attached hydrogen (secondary N) is 1. The first-order valence-corrected chi connectivity index (χ1v) is 12.0. The van der Waals surface area contributed by atoms with Gasteiger partial charge in [0.05, 0.1) is 0 Å². The van der Waals surface area contributed by atoms with Crippen molar-refractivity contribution in [2.45, 2.75) is 57.4 Å². The Kier molecular flexibility index (Phi) is 6.02. The second-order valence-corrected chi connectivity index (χ2v) is 9.58. The van der Waals surface area contributed by atoms with Crippen LogP contribution in [0.25, 0.3) is 0 Å². The number of nitrogens with zero attached hydrogens (tertiary/aromatic N) is 3. The smallest absolute Gasteiger partial charge is 0.251 e. The molecule has 6 nitrogen and oxygen atoms in total. The quantitative estimate of drug-likeness (QED) is 0.643. The second kappa shape index (κ2) is 9.10. The molecule has 172 valence electrons. The Labute approximate surface area is 195 Å². The predicted octanol–water partition coefficient (Wildman–Crippen LogP) is 4.10. The fraction of sp³-hybridized carbons (Fsp3) is 0.444. The highest BCUT2D eigenvalue weighted by Gasteiger charge is 2.35. The molecule has 1 saturated heterocycles. The van der Waals surface area contributed by atoms with Gasteiger partial charge < -0.3 is 14.6 Å². The largest absolute Gasteiger partial charge is 0.381 e. The van der Waals surface area contributed by atoms with E-state index in [4.69, 9.17) is 4.74 Å². The summed E-state index contributed by atoms with van der Waals surface area (Å²) >= 11 is 0. The lowest BCUT2D eigenvalue weighted by molar-refractivity contribution is 0.0487. The molecule has 0 saturated carbocycles. The summed E-state index contributed by atoms with van der Waals surface area (Å²) in [6.07, 6.45) is 3.78. The van der Waals surface area contributed by atoms with E-state index >= 15 is 0 Å². The summed E-state index contributed by atoms with van der Waals surface area (Å²) in [6, 6.07) is 16.8. The molecule has 3 heterocycles. The highest BCUT2D eigenvalue weighted by Crippen LogP contribution is 2.35. The maximum absolute atomic E-state index is 13.2. The van der Waals surface area contributed by atoms with Crippen LogP contribution < -0.4 is 5.32 Å². The molecule has 1 fully saturated rings. The highest BCUT2D eigenvalue weighted by molar-refractivity contribution is 5.94. The van der Waals surface area contributed by atoms with Crippen LogP contribution in [0.4, 0.5) is 0 Å². The molecule has 2 aliphatic heterocycles. The highest BCUT2D eigenvalue weighted by atomic mass is 16.5. The summed E-state index contributed by atoms with van der Waals surface area (Å²) < 4.78 is 7.85. The molecule has 5 rings (SSSR count). The number of benzene rings is 2. The lowest BCUT2D eigenvalue weighted by atomic mass is 9.74. The van der Waals surface area contributed by atoms with E-state index in [9.17, 15) is 4.79 Å². The van der Waals surface area contributed by atoms with Gasteiger partial charge >= 0.3 is 0 Å². The van der Waals surface area contributed by atoms with Gasteiger partial charge in [0.2, 0.25) is 0 Å². The van der Waals surface area contributed by atoms with Crippen LogP contribution in [-0.2, 0) is 23.1 Å². The zero-order valence-corrected chi connectivity index (χ0v) is 19.5. The molecule has 1 unspecified atom stereocenters. The van der Waals surface area contributed by atoms with E-state index in [1.54, 1.807) is 0 Å². The Hall–Kier alpha value is -2.99. The molecular weight excluding hydrogens is 412 g/mol. The molecule has 0 aliphatic carbocycles. The number of carbonyl (C=O) groups excluding carboxylic acids is 1. The summed E-state index contributed by atoms with van der Waals surface area (Å²) in [5.41, 5.74) is 4.39. The van der Waals surface area contributed by atoms with Crippen molar-refractivity contribution in [2.24, 2.45) is 0 Å². The first kappa shape index (κ1) is 21.8. The molecule has 33 heavy (non-hydrogen) atoms. The van der Waals surface area contributed by atoms with Crippen LogP contribution in [0.1, 0.15) is 63.9 Å². The van der Waals surface area contributed by atoms with E-state index in [1.807, 2.05) is 19.1 Å². The normalized spacial score (nSPS) is 19.6.